The van der Waals surface area contributed by atoms with Gasteiger partial charge in [0.2, 0.25) is 5.91 Å². The molecule has 0 aliphatic heterocycles. The first-order valence-corrected chi connectivity index (χ1v) is 9.61. The number of nitrogens with one attached hydrogen (secondary N) is 2. The number of hydrogen-bond donors (Lipinski definition) is 2. The number of likely N-dealkylation sites (N-methyl/N-ethyl adjacent to an activating group) is 1. The van der Waals surface area contributed by atoms with Crippen molar-refractivity contribution in [2.24, 2.45) is 0 Å². The van der Waals surface area contributed by atoms with Gasteiger partial charge in [0, 0.05) is 43.9 Å². The zero-order valence-corrected chi connectivity index (χ0v) is 15.5. The lowest BCUT2D eigenvalue weighted by Gasteiger charge is -2.23. The van der Waals surface area contributed by atoms with Crippen molar-refractivity contribution >= 4 is 23.3 Å². The highest BCUT2D eigenvalue weighted by molar-refractivity contribution is 7.09. The molecule has 0 spiro atoms. The number of aromatic nitrogens is 1. The van der Waals surface area contributed by atoms with Crippen molar-refractivity contribution in [3.8, 4) is 0 Å². The lowest BCUT2D eigenvalue weighted by molar-refractivity contribution is -0.121. The van der Waals surface area contributed by atoms with Crippen molar-refractivity contribution in [1.29, 1.82) is 0 Å². The SMILES string of the molecule is Cc1ncsc1CCN(C)C(=O)NCCC(=O)NC1CCCCC1. The number of aryl methyl sites for hydroxylation is 1. The van der Waals surface area contributed by atoms with Gasteiger partial charge in [-0.15, -0.1) is 11.3 Å². The molecule has 2 rings (SSSR count). The Bertz CT molecular complexity index is 540. The summed E-state index contributed by atoms with van der Waals surface area (Å²) in [5, 5.41) is 5.87. The van der Waals surface area contributed by atoms with Crippen LogP contribution >= 0.6 is 11.3 Å². The van der Waals surface area contributed by atoms with Crippen molar-refractivity contribution in [3.63, 3.8) is 0 Å². The van der Waals surface area contributed by atoms with Crippen LogP contribution in [0.15, 0.2) is 5.51 Å². The van der Waals surface area contributed by atoms with E-state index in [1.54, 1.807) is 23.3 Å². The van der Waals surface area contributed by atoms with E-state index in [2.05, 4.69) is 15.6 Å². The summed E-state index contributed by atoms with van der Waals surface area (Å²) in [4.78, 5) is 31.0. The highest BCUT2D eigenvalue weighted by atomic mass is 32.1. The summed E-state index contributed by atoms with van der Waals surface area (Å²) in [7, 11) is 1.77. The average molecular weight is 353 g/mol. The summed E-state index contributed by atoms with van der Waals surface area (Å²) in [5.74, 6) is 0.0325. The van der Waals surface area contributed by atoms with E-state index in [0.29, 0.717) is 25.6 Å². The molecule has 0 unspecified atom stereocenters. The molecular weight excluding hydrogens is 324 g/mol. The Hall–Kier alpha value is -1.63. The third kappa shape index (κ3) is 6.11. The maximum Gasteiger partial charge on any atom is 0.317 e. The molecule has 0 bridgehead atoms. The second-order valence-electron chi connectivity index (χ2n) is 6.42. The third-order valence-electron chi connectivity index (χ3n) is 4.46. The van der Waals surface area contributed by atoms with Crippen LogP contribution in [0.2, 0.25) is 0 Å². The molecule has 24 heavy (non-hydrogen) atoms. The maximum atomic E-state index is 12.0. The third-order valence-corrected chi connectivity index (χ3v) is 5.46. The molecule has 2 N–H and O–H groups in total. The fourth-order valence-corrected chi connectivity index (χ4v) is 3.67. The van der Waals surface area contributed by atoms with Gasteiger partial charge in [0.05, 0.1) is 11.2 Å². The van der Waals surface area contributed by atoms with Crippen LogP contribution in [0.4, 0.5) is 4.79 Å². The van der Waals surface area contributed by atoms with Gasteiger partial charge in [0.1, 0.15) is 0 Å². The van der Waals surface area contributed by atoms with Crippen molar-refractivity contribution in [1.82, 2.24) is 20.5 Å². The molecule has 1 saturated carbocycles. The van der Waals surface area contributed by atoms with Crippen LogP contribution in [-0.2, 0) is 11.2 Å². The molecule has 1 fully saturated rings. The smallest absolute Gasteiger partial charge is 0.317 e. The minimum Gasteiger partial charge on any atom is -0.353 e. The molecule has 0 saturated heterocycles. The number of thiazole rings is 1. The molecule has 1 aromatic heterocycles. The Labute approximate surface area is 148 Å². The molecule has 134 valence electrons. The Kier molecular flexibility index (Phi) is 7.49. The highest BCUT2D eigenvalue weighted by Crippen LogP contribution is 2.17. The van der Waals surface area contributed by atoms with Crippen LogP contribution in [0, 0.1) is 6.92 Å². The first-order valence-electron chi connectivity index (χ1n) is 8.73. The van der Waals surface area contributed by atoms with Gasteiger partial charge in [-0.1, -0.05) is 19.3 Å². The van der Waals surface area contributed by atoms with Gasteiger partial charge in [-0.05, 0) is 19.8 Å². The lowest BCUT2D eigenvalue weighted by Crippen LogP contribution is -2.41. The molecule has 0 atom stereocenters. The number of rotatable bonds is 7. The molecule has 3 amide bonds. The van der Waals surface area contributed by atoms with Crippen LogP contribution in [0.5, 0.6) is 0 Å². The van der Waals surface area contributed by atoms with Gasteiger partial charge in [0.15, 0.2) is 0 Å². The standard InChI is InChI=1S/C17H28N4O2S/c1-13-15(24-12-19-13)9-11-21(2)17(23)18-10-8-16(22)20-14-6-4-3-5-7-14/h12,14H,3-11H2,1-2H3,(H,18,23)(H,20,22). The minimum atomic E-state index is -0.136. The number of hydrogen-bond acceptors (Lipinski definition) is 4. The molecule has 7 heteroatoms. The molecular formula is C17H28N4O2S. The Morgan fingerprint density at radius 3 is 2.75 bits per heavy atom. The van der Waals surface area contributed by atoms with Gasteiger partial charge in [-0.3, -0.25) is 4.79 Å². The van der Waals surface area contributed by atoms with Gasteiger partial charge >= 0.3 is 6.03 Å². The Morgan fingerprint density at radius 2 is 2.08 bits per heavy atom. The number of amides is 3. The van der Waals surface area contributed by atoms with Crippen molar-refractivity contribution < 1.29 is 9.59 Å². The van der Waals surface area contributed by atoms with Crippen molar-refractivity contribution in [2.75, 3.05) is 20.1 Å². The number of carbonyl (C=O) groups excluding carboxylic acids is 2. The van der Waals surface area contributed by atoms with Crippen LogP contribution in [0.25, 0.3) is 0 Å². The fraction of sp³-hybridized carbons (Fsp3) is 0.706. The quantitative estimate of drug-likeness (QED) is 0.792. The normalized spacial score (nSPS) is 15.1. The second-order valence-corrected chi connectivity index (χ2v) is 7.36. The summed E-state index contributed by atoms with van der Waals surface area (Å²) in [5.41, 5.74) is 2.86. The predicted octanol–water partition coefficient (Wildman–Crippen LogP) is 2.47. The summed E-state index contributed by atoms with van der Waals surface area (Å²) >= 11 is 1.62. The molecule has 1 aliphatic rings. The minimum absolute atomic E-state index is 0.0325. The zero-order valence-electron chi connectivity index (χ0n) is 14.6. The second kappa shape index (κ2) is 9.61. The van der Waals surface area contributed by atoms with E-state index < -0.39 is 0 Å². The van der Waals surface area contributed by atoms with E-state index in [4.69, 9.17) is 0 Å². The van der Waals surface area contributed by atoms with Crippen molar-refractivity contribution in [3.05, 3.63) is 16.1 Å². The van der Waals surface area contributed by atoms with Crippen LogP contribution in [-0.4, -0.2) is 48.0 Å². The first kappa shape index (κ1) is 18.7. The molecule has 0 radical (unpaired) electrons. The van der Waals surface area contributed by atoms with Crippen LogP contribution < -0.4 is 10.6 Å². The highest BCUT2D eigenvalue weighted by Gasteiger charge is 2.16. The van der Waals surface area contributed by atoms with Gasteiger partial charge in [0.25, 0.3) is 0 Å². The van der Waals surface area contributed by atoms with E-state index >= 15 is 0 Å². The van der Waals surface area contributed by atoms with Crippen molar-refractivity contribution in [2.45, 2.75) is 57.9 Å². The Balaban J connectivity index is 1.59. The monoisotopic (exact) mass is 352 g/mol. The predicted molar refractivity (Wildman–Crippen MR) is 96.2 cm³/mol. The molecule has 1 heterocycles. The first-order chi connectivity index (χ1) is 11.6. The average Bonchev–Trinajstić information content (AvgIpc) is 2.98. The summed E-state index contributed by atoms with van der Waals surface area (Å²) in [6, 6.07) is 0.190. The molecule has 0 aromatic carbocycles. The lowest BCUT2D eigenvalue weighted by atomic mass is 9.95. The topological polar surface area (TPSA) is 74.3 Å². The number of carbonyl (C=O) groups is 2. The summed E-state index contributed by atoms with van der Waals surface area (Å²) in [6.45, 7) is 3.00. The maximum absolute atomic E-state index is 12.0. The van der Waals surface area contributed by atoms with E-state index in [1.807, 2.05) is 12.4 Å². The van der Waals surface area contributed by atoms with Crippen LogP contribution in [0.1, 0.15) is 49.1 Å². The number of urea groups is 1. The summed E-state index contributed by atoms with van der Waals surface area (Å²) < 4.78 is 0. The zero-order chi connectivity index (χ0) is 17.4. The van der Waals surface area contributed by atoms with E-state index in [0.717, 1.165) is 25.0 Å². The Morgan fingerprint density at radius 1 is 1.33 bits per heavy atom. The van der Waals surface area contributed by atoms with Crippen LogP contribution in [0.3, 0.4) is 0 Å². The largest absolute Gasteiger partial charge is 0.353 e. The molecule has 1 aromatic rings. The number of nitrogens with zero attached hydrogens (tertiary/aromatic N) is 2. The molecule has 6 nitrogen and oxygen atoms in total. The van der Waals surface area contributed by atoms with E-state index in [-0.39, 0.29) is 11.9 Å². The molecule has 1 aliphatic carbocycles. The fourth-order valence-electron chi connectivity index (χ4n) is 2.90. The van der Waals surface area contributed by atoms with Gasteiger partial charge in [-0.2, -0.15) is 0 Å². The van der Waals surface area contributed by atoms with Gasteiger partial charge < -0.3 is 15.5 Å². The van der Waals surface area contributed by atoms with Gasteiger partial charge in [-0.25, -0.2) is 9.78 Å². The van der Waals surface area contributed by atoms with E-state index in [1.165, 1.54) is 24.1 Å². The van der Waals surface area contributed by atoms with E-state index in [9.17, 15) is 9.59 Å². The summed E-state index contributed by atoms with van der Waals surface area (Å²) in [6.07, 6.45) is 6.98.